The molecule has 3 rings (SSSR count). The molecular weight excluding hydrogens is 441 g/mol. The number of sulfone groups is 1. The van der Waals surface area contributed by atoms with Crippen LogP contribution in [0.4, 0.5) is 10.1 Å². The average Bonchev–Trinajstić information content (AvgIpc) is 2.72. The lowest BCUT2D eigenvalue weighted by Crippen LogP contribution is -2.19. The van der Waals surface area contributed by atoms with Gasteiger partial charge in [0.05, 0.1) is 26.9 Å². The summed E-state index contributed by atoms with van der Waals surface area (Å²) >= 11 is 0. The fourth-order valence-electron chi connectivity index (χ4n) is 2.68. The van der Waals surface area contributed by atoms with Crippen molar-refractivity contribution in [1.82, 2.24) is 0 Å². The van der Waals surface area contributed by atoms with Gasteiger partial charge in [-0.2, -0.15) is 5.10 Å². The van der Waals surface area contributed by atoms with Crippen LogP contribution in [0.3, 0.4) is 0 Å². The van der Waals surface area contributed by atoms with Crippen LogP contribution in [0.25, 0.3) is 0 Å². The number of nitrogens with two attached hydrogens (primary N) is 1. The highest BCUT2D eigenvalue weighted by Crippen LogP contribution is 2.17. The van der Waals surface area contributed by atoms with Crippen molar-refractivity contribution in [3.63, 3.8) is 0 Å². The standard InChI is InChI=1S/C21H20FN3O4S2/c1-15-2-10-19(11-3-15)30(26,27)14-21(16-4-6-17(22)7-5-16)25-24-18-8-12-20(13-9-18)31(23,28)29/h2-13,24H,14H2,1H3,(H2,23,28,29)/b25-21+. The Bertz CT molecular complexity index is 1300. The van der Waals surface area contributed by atoms with Crippen molar-refractivity contribution >= 4 is 31.3 Å². The summed E-state index contributed by atoms with van der Waals surface area (Å²) in [7, 11) is -7.56. The Labute approximate surface area is 180 Å². The van der Waals surface area contributed by atoms with E-state index in [2.05, 4.69) is 10.5 Å². The number of sulfonamides is 1. The van der Waals surface area contributed by atoms with Gasteiger partial charge >= 0.3 is 0 Å². The highest BCUT2D eigenvalue weighted by molar-refractivity contribution is 7.92. The van der Waals surface area contributed by atoms with Crippen molar-refractivity contribution in [1.29, 1.82) is 0 Å². The molecule has 0 radical (unpaired) electrons. The summed E-state index contributed by atoms with van der Waals surface area (Å²) in [5.41, 5.74) is 4.64. The predicted octanol–water partition coefficient (Wildman–Crippen LogP) is 3.07. The minimum Gasteiger partial charge on any atom is -0.278 e. The number of hydrogen-bond acceptors (Lipinski definition) is 6. The average molecular weight is 462 g/mol. The molecule has 7 nitrogen and oxygen atoms in total. The van der Waals surface area contributed by atoms with E-state index in [1.54, 1.807) is 12.1 Å². The van der Waals surface area contributed by atoms with Crippen LogP contribution >= 0.6 is 0 Å². The van der Waals surface area contributed by atoms with Gasteiger partial charge in [0.2, 0.25) is 10.0 Å². The number of anilines is 1. The van der Waals surface area contributed by atoms with Crippen molar-refractivity contribution in [3.8, 4) is 0 Å². The topological polar surface area (TPSA) is 119 Å². The van der Waals surface area contributed by atoms with Gasteiger partial charge in [0.1, 0.15) is 5.82 Å². The Morgan fingerprint density at radius 1 is 0.871 bits per heavy atom. The van der Waals surface area contributed by atoms with E-state index in [1.807, 2.05) is 6.92 Å². The zero-order valence-electron chi connectivity index (χ0n) is 16.5. The van der Waals surface area contributed by atoms with Gasteiger partial charge in [-0.1, -0.05) is 29.8 Å². The second-order valence-corrected chi connectivity index (χ2v) is 10.4. The van der Waals surface area contributed by atoms with E-state index >= 15 is 0 Å². The number of halogens is 1. The molecule has 10 heteroatoms. The zero-order chi connectivity index (χ0) is 22.6. The fourth-order valence-corrected chi connectivity index (χ4v) is 4.51. The molecule has 0 aromatic heterocycles. The monoisotopic (exact) mass is 461 g/mol. The minimum atomic E-state index is -3.83. The molecule has 0 atom stereocenters. The Hall–Kier alpha value is -3.08. The van der Waals surface area contributed by atoms with Gasteiger partial charge in [-0.15, -0.1) is 0 Å². The SMILES string of the molecule is Cc1ccc(S(=O)(=O)C/C(=N\Nc2ccc(S(N)(=O)=O)cc2)c2ccc(F)cc2)cc1. The first-order chi connectivity index (χ1) is 14.5. The number of benzene rings is 3. The largest absolute Gasteiger partial charge is 0.278 e. The van der Waals surface area contributed by atoms with Crippen LogP contribution < -0.4 is 10.6 Å². The molecule has 3 aromatic rings. The number of hydrogen-bond donors (Lipinski definition) is 2. The van der Waals surface area contributed by atoms with Gasteiger partial charge in [-0.25, -0.2) is 26.4 Å². The molecule has 0 aliphatic rings. The molecule has 0 saturated carbocycles. The van der Waals surface area contributed by atoms with Crippen LogP contribution in [0.5, 0.6) is 0 Å². The summed E-state index contributed by atoms with van der Waals surface area (Å²) in [4.78, 5) is 0.0770. The first-order valence-corrected chi connectivity index (χ1v) is 12.3. The maximum Gasteiger partial charge on any atom is 0.238 e. The lowest BCUT2D eigenvalue weighted by atomic mass is 10.1. The van der Waals surface area contributed by atoms with Crippen LogP contribution in [-0.4, -0.2) is 28.3 Å². The van der Waals surface area contributed by atoms with Crippen molar-refractivity contribution in [2.75, 3.05) is 11.2 Å². The second-order valence-electron chi connectivity index (χ2n) is 6.82. The smallest absolute Gasteiger partial charge is 0.238 e. The highest BCUT2D eigenvalue weighted by Gasteiger charge is 2.19. The third-order valence-corrected chi connectivity index (χ3v) is 6.96. The highest BCUT2D eigenvalue weighted by atomic mass is 32.2. The summed E-state index contributed by atoms with van der Waals surface area (Å²) in [5, 5.41) is 9.28. The third-order valence-electron chi connectivity index (χ3n) is 4.39. The van der Waals surface area contributed by atoms with Crippen LogP contribution in [0, 0.1) is 12.7 Å². The van der Waals surface area contributed by atoms with Gasteiger partial charge < -0.3 is 0 Å². The van der Waals surface area contributed by atoms with E-state index in [0.717, 1.165) is 5.56 Å². The predicted molar refractivity (Wildman–Crippen MR) is 118 cm³/mol. The molecule has 162 valence electrons. The molecule has 0 unspecified atom stereocenters. The summed E-state index contributed by atoms with van der Waals surface area (Å²) in [6.07, 6.45) is 0. The van der Waals surface area contributed by atoms with Crippen molar-refractivity contribution in [3.05, 3.63) is 89.7 Å². The lowest BCUT2D eigenvalue weighted by Gasteiger charge is -2.10. The first-order valence-electron chi connectivity index (χ1n) is 9.05. The maximum atomic E-state index is 13.3. The number of rotatable bonds is 7. The van der Waals surface area contributed by atoms with Crippen LogP contribution in [-0.2, 0) is 19.9 Å². The van der Waals surface area contributed by atoms with E-state index in [0.29, 0.717) is 11.3 Å². The van der Waals surface area contributed by atoms with Crippen LogP contribution in [0.2, 0.25) is 0 Å². The molecule has 31 heavy (non-hydrogen) atoms. The molecule has 0 bridgehead atoms. The quantitative estimate of drug-likeness (QED) is 0.414. The van der Waals surface area contributed by atoms with E-state index in [-0.39, 0.29) is 15.5 Å². The van der Waals surface area contributed by atoms with Crippen LogP contribution in [0.15, 0.2) is 87.7 Å². The molecule has 0 fully saturated rings. The maximum absolute atomic E-state index is 13.3. The Morgan fingerprint density at radius 2 is 1.42 bits per heavy atom. The molecule has 3 N–H and O–H groups in total. The summed E-state index contributed by atoms with van der Waals surface area (Å²) in [5.74, 6) is -0.889. The van der Waals surface area contributed by atoms with E-state index in [4.69, 9.17) is 5.14 Å². The lowest BCUT2D eigenvalue weighted by molar-refractivity contribution is 0.596. The van der Waals surface area contributed by atoms with Crippen molar-refractivity contribution in [2.24, 2.45) is 10.2 Å². The Balaban J connectivity index is 1.93. The molecule has 0 saturated heterocycles. The molecule has 0 aliphatic heterocycles. The van der Waals surface area contributed by atoms with Gasteiger partial charge in [0.15, 0.2) is 9.84 Å². The van der Waals surface area contributed by atoms with E-state index in [1.165, 1.54) is 60.7 Å². The summed E-state index contributed by atoms with van der Waals surface area (Å²) in [6.45, 7) is 1.85. The third kappa shape index (κ3) is 5.97. The molecule has 0 amide bonds. The van der Waals surface area contributed by atoms with E-state index < -0.39 is 31.4 Å². The fraction of sp³-hybridized carbons (Fsp3) is 0.0952. The number of hydrazone groups is 1. The molecule has 0 spiro atoms. The number of primary sulfonamides is 1. The minimum absolute atomic E-state index is 0.0669. The van der Waals surface area contributed by atoms with Gasteiger partial charge in [0, 0.05) is 0 Å². The normalized spacial score (nSPS) is 12.5. The second kappa shape index (κ2) is 8.96. The molecule has 3 aromatic carbocycles. The van der Waals surface area contributed by atoms with Gasteiger partial charge in [-0.05, 0) is 61.0 Å². The van der Waals surface area contributed by atoms with Gasteiger partial charge in [-0.3, -0.25) is 5.43 Å². The molecule has 0 aliphatic carbocycles. The molecule has 0 heterocycles. The molecular formula is C21H20FN3O4S2. The Morgan fingerprint density at radius 3 is 1.97 bits per heavy atom. The van der Waals surface area contributed by atoms with Gasteiger partial charge in [0.25, 0.3) is 0 Å². The summed E-state index contributed by atoms with van der Waals surface area (Å²) < 4.78 is 61.9. The van der Waals surface area contributed by atoms with Crippen LogP contribution in [0.1, 0.15) is 11.1 Å². The van der Waals surface area contributed by atoms with Crippen molar-refractivity contribution < 1.29 is 21.2 Å². The Kier molecular flexibility index (Phi) is 6.54. The van der Waals surface area contributed by atoms with E-state index in [9.17, 15) is 21.2 Å². The first kappa shape index (κ1) is 22.6. The summed E-state index contributed by atoms with van der Waals surface area (Å²) in [6, 6.07) is 17.2. The van der Waals surface area contributed by atoms with Crippen molar-refractivity contribution in [2.45, 2.75) is 16.7 Å². The zero-order valence-corrected chi connectivity index (χ0v) is 18.1. The number of nitrogens with zero attached hydrogens (tertiary/aromatic N) is 1. The number of aryl methyl sites for hydroxylation is 1. The number of nitrogens with one attached hydrogen (secondary N) is 1.